The average Bonchev–Trinajstić information content (AvgIpc) is 2.70. The van der Waals surface area contributed by atoms with E-state index < -0.39 is 66.6 Å². The second-order valence-corrected chi connectivity index (χ2v) is 6.97. The number of primary amides is 2. The molecular weight excluding hydrogens is 442 g/mol. The quantitative estimate of drug-likeness (QED) is 0.0582. The molecule has 33 heavy (non-hydrogen) atoms. The largest absolute Gasteiger partial charge is 0.480 e. The highest BCUT2D eigenvalue weighted by Crippen LogP contribution is 2.00. The summed E-state index contributed by atoms with van der Waals surface area (Å²) in [7, 11) is 0. The van der Waals surface area contributed by atoms with Crippen molar-refractivity contribution in [3.05, 3.63) is 0 Å². The maximum absolute atomic E-state index is 12.3. The van der Waals surface area contributed by atoms with Crippen molar-refractivity contribution in [1.82, 2.24) is 16.0 Å². The molecule has 0 spiro atoms. The lowest BCUT2D eigenvalue weighted by Gasteiger charge is -2.20. The number of hydrogen-bond donors (Lipinski definition) is 9. The van der Waals surface area contributed by atoms with Crippen LogP contribution in [0.5, 0.6) is 0 Å². The predicted octanol–water partition coefficient (Wildman–Crippen LogP) is -5.32. The number of guanidine groups is 1. The smallest absolute Gasteiger partial charge is 0.326 e. The van der Waals surface area contributed by atoms with E-state index in [1.807, 2.05) is 0 Å². The molecule has 0 aromatic rings. The van der Waals surface area contributed by atoms with E-state index in [-0.39, 0.29) is 31.8 Å². The molecule has 14 N–H and O–H groups in total. The normalized spacial score (nSPS) is 13.0. The Labute approximate surface area is 189 Å². The Morgan fingerprint density at radius 1 is 0.848 bits per heavy atom. The molecule has 0 aromatic carbocycles. The highest BCUT2D eigenvalue weighted by Gasteiger charge is 2.26. The van der Waals surface area contributed by atoms with E-state index in [2.05, 4.69) is 20.9 Å². The van der Waals surface area contributed by atoms with Crippen LogP contribution in [0.15, 0.2) is 4.99 Å². The minimum absolute atomic E-state index is 0.113. The van der Waals surface area contributed by atoms with Gasteiger partial charge in [-0.1, -0.05) is 0 Å². The first-order chi connectivity index (χ1) is 15.3. The number of carbonyl (C=O) groups is 6. The van der Waals surface area contributed by atoms with Crippen molar-refractivity contribution in [3.63, 3.8) is 0 Å². The zero-order valence-electron chi connectivity index (χ0n) is 17.9. The third-order valence-electron chi connectivity index (χ3n) is 4.08. The van der Waals surface area contributed by atoms with E-state index in [4.69, 9.17) is 33.8 Å². The lowest BCUT2D eigenvalue weighted by Crippen LogP contribution is -2.54. The lowest BCUT2D eigenvalue weighted by atomic mass is 10.1. The van der Waals surface area contributed by atoms with Crippen molar-refractivity contribution in [1.29, 1.82) is 0 Å². The molecule has 5 amide bonds. The Morgan fingerprint density at radius 2 is 1.48 bits per heavy atom. The number of aliphatic carboxylic acids is 1. The number of carbonyl (C=O) groups excluding carboxylic acids is 5. The molecular formula is C17H31N9O7. The Balaban J connectivity index is 4.82. The molecule has 0 aromatic heterocycles. The number of carboxylic acids is 1. The predicted molar refractivity (Wildman–Crippen MR) is 115 cm³/mol. The summed E-state index contributed by atoms with van der Waals surface area (Å²) in [5.74, 6) is -5.72. The summed E-state index contributed by atoms with van der Waals surface area (Å²) in [5.41, 5.74) is 26.2. The van der Waals surface area contributed by atoms with Gasteiger partial charge in [0.1, 0.15) is 12.1 Å². The van der Waals surface area contributed by atoms with Crippen LogP contribution in [0.1, 0.15) is 32.1 Å². The SMILES string of the molecule is NC(=O)CCC(NC(=O)CNC(=O)C(CC(N)=O)NC(=O)C(N)CCCN=C(N)N)C(=O)O. The van der Waals surface area contributed by atoms with Crippen LogP contribution in [0.2, 0.25) is 0 Å². The molecule has 0 aliphatic carbocycles. The highest BCUT2D eigenvalue weighted by atomic mass is 16.4. The van der Waals surface area contributed by atoms with Crippen molar-refractivity contribution in [2.75, 3.05) is 13.1 Å². The van der Waals surface area contributed by atoms with Gasteiger partial charge < -0.3 is 49.7 Å². The van der Waals surface area contributed by atoms with E-state index >= 15 is 0 Å². The van der Waals surface area contributed by atoms with E-state index in [9.17, 15) is 28.8 Å². The third kappa shape index (κ3) is 13.9. The van der Waals surface area contributed by atoms with Crippen molar-refractivity contribution < 1.29 is 33.9 Å². The first kappa shape index (κ1) is 29.0. The molecule has 186 valence electrons. The number of aliphatic imine (C=N–C) groups is 1. The monoisotopic (exact) mass is 473 g/mol. The van der Waals surface area contributed by atoms with Crippen molar-refractivity contribution in [2.24, 2.45) is 33.7 Å². The number of nitrogens with zero attached hydrogens (tertiary/aromatic N) is 1. The fourth-order valence-electron chi connectivity index (χ4n) is 2.42. The number of carboxylic acid groups (broad SMARTS) is 1. The molecule has 0 radical (unpaired) electrons. The Hall–Kier alpha value is -3.95. The van der Waals surface area contributed by atoms with Crippen LogP contribution < -0.4 is 44.6 Å². The van der Waals surface area contributed by atoms with E-state index in [1.54, 1.807) is 0 Å². The molecule has 16 nitrogen and oxygen atoms in total. The summed E-state index contributed by atoms with van der Waals surface area (Å²) >= 11 is 0. The van der Waals surface area contributed by atoms with Gasteiger partial charge >= 0.3 is 5.97 Å². The molecule has 0 aliphatic heterocycles. The zero-order valence-corrected chi connectivity index (χ0v) is 17.9. The van der Waals surface area contributed by atoms with Gasteiger partial charge in [0.25, 0.3) is 0 Å². The first-order valence-corrected chi connectivity index (χ1v) is 9.81. The maximum atomic E-state index is 12.3. The fraction of sp³-hybridized carbons (Fsp3) is 0.588. The lowest BCUT2D eigenvalue weighted by molar-refractivity contribution is -0.142. The van der Waals surface area contributed by atoms with Crippen molar-refractivity contribution in [2.45, 2.75) is 50.2 Å². The summed E-state index contributed by atoms with van der Waals surface area (Å²) < 4.78 is 0. The van der Waals surface area contributed by atoms with Crippen molar-refractivity contribution >= 4 is 41.5 Å². The number of rotatable bonds is 16. The van der Waals surface area contributed by atoms with Crippen molar-refractivity contribution in [3.8, 4) is 0 Å². The molecule has 3 atom stereocenters. The van der Waals surface area contributed by atoms with Gasteiger partial charge in [0.15, 0.2) is 5.96 Å². The number of hydrogen-bond acceptors (Lipinski definition) is 8. The number of amides is 5. The minimum atomic E-state index is -1.42. The van der Waals surface area contributed by atoms with Crippen LogP contribution in [0.25, 0.3) is 0 Å². The second-order valence-electron chi connectivity index (χ2n) is 6.97. The number of nitrogens with two attached hydrogens (primary N) is 5. The molecule has 0 rings (SSSR count). The Morgan fingerprint density at radius 3 is 2.00 bits per heavy atom. The second kappa shape index (κ2) is 15.0. The van der Waals surface area contributed by atoms with Gasteiger partial charge in [0, 0.05) is 13.0 Å². The Bertz CT molecular complexity index is 768. The third-order valence-corrected chi connectivity index (χ3v) is 4.08. The Kier molecular flexibility index (Phi) is 13.2. The molecule has 0 fully saturated rings. The van der Waals surface area contributed by atoms with Crippen LogP contribution in [0, 0.1) is 0 Å². The minimum Gasteiger partial charge on any atom is -0.480 e. The molecule has 16 heteroatoms. The zero-order chi connectivity index (χ0) is 25.6. The number of nitrogens with one attached hydrogen (secondary N) is 3. The van der Waals surface area contributed by atoms with Crippen LogP contribution in [-0.4, -0.2) is 77.8 Å². The molecule has 0 saturated carbocycles. The summed E-state index contributed by atoms with van der Waals surface area (Å²) in [5, 5.41) is 15.6. The van der Waals surface area contributed by atoms with Gasteiger partial charge in [-0.05, 0) is 19.3 Å². The van der Waals surface area contributed by atoms with Crippen LogP contribution in [0.4, 0.5) is 0 Å². The highest BCUT2D eigenvalue weighted by molar-refractivity contribution is 5.95. The summed E-state index contributed by atoms with van der Waals surface area (Å²) in [6.07, 6.45) is -0.539. The van der Waals surface area contributed by atoms with Crippen LogP contribution >= 0.6 is 0 Å². The van der Waals surface area contributed by atoms with Gasteiger partial charge in [-0.25, -0.2) is 4.79 Å². The molecule has 0 heterocycles. The van der Waals surface area contributed by atoms with Gasteiger partial charge in [-0.2, -0.15) is 0 Å². The van der Waals surface area contributed by atoms with E-state index in [0.29, 0.717) is 6.42 Å². The van der Waals surface area contributed by atoms with Gasteiger partial charge in [0.2, 0.25) is 29.5 Å². The fourth-order valence-corrected chi connectivity index (χ4v) is 2.42. The van der Waals surface area contributed by atoms with Crippen LogP contribution in [0.3, 0.4) is 0 Å². The van der Waals surface area contributed by atoms with Gasteiger partial charge in [-0.15, -0.1) is 0 Å². The summed E-state index contributed by atoms with van der Waals surface area (Å²) in [4.78, 5) is 73.4. The van der Waals surface area contributed by atoms with Gasteiger partial charge in [-0.3, -0.25) is 29.0 Å². The van der Waals surface area contributed by atoms with Gasteiger partial charge in [0.05, 0.1) is 19.0 Å². The van der Waals surface area contributed by atoms with E-state index in [1.165, 1.54) is 0 Å². The summed E-state index contributed by atoms with van der Waals surface area (Å²) in [6.45, 7) is -0.435. The molecule has 0 aliphatic rings. The first-order valence-electron chi connectivity index (χ1n) is 9.81. The maximum Gasteiger partial charge on any atom is 0.326 e. The topological polar surface area (TPSA) is 301 Å². The van der Waals surface area contributed by atoms with Crippen LogP contribution in [-0.2, 0) is 28.8 Å². The molecule has 0 saturated heterocycles. The molecule has 3 unspecified atom stereocenters. The molecule has 0 bridgehead atoms. The summed E-state index contributed by atoms with van der Waals surface area (Å²) in [6, 6.07) is -3.86. The standard InChI is InChI=1S/C17H31N9O7/c18-8(2-1-5-23-17(21)22)14(30)26-10(6-12(20)28)15(31)24-7-13(29)25-9(16(32)33)3-4-11(19)27/h8-10H,1-7,18H2,(H2,19,27)(H2,20,28)(H,24,31)(H,25,29)(H,26,30)(H,32,33)(H4,21,22,23). The average molecular weight is 473 g/mol. The van der Waals surface area contributed by atoms with E-state index in [0.717, 1.165) is 0 Å².